The monoisotopic (exact) mass is 140 g/mol. The molecule has 0 aromatic heterocycles. The molecule has 1 N–H and O–H groups in total. The lowest BCUT2D eigenvalue weighted by Crippen LogP contribution is -1.90. The highest BCUT2D eigenvalue weighted by molar-refractivity contribution is 5.17. The molecular formula is C8H12O2. The molecule has 1 heterocycles. The first kappa shape index (κ1) is 7.35. The van der Waals surface area contributed by atoms with Crippen molar-refractivity contribution in [1.82, 2.24) is 0 Å². The van der Waals surface area contributed by atoms with Crippen LogP contribution in [0.3, 0.4) is 0 Å². The molecule has 0 bridgehead atoms. The van der Waals surface area contributed by atoms with Crippen LogP contribution in [-0.2, 0) is 4.74 Å². The van der Waals surface area contributed by atoms with E-state index in [0.717, 1.165) is 12.2 Å². The summed E-state index contributed by atoms with van der Waals surface area (Å²) in [5, 5.41) is 8.65. The number of hydrogen-bond donors (Lipinski definition) is 1. The van der Waals surface area contributed by atoms with E-state index in [4.69, 9.17) is 9.84 Å². The Kier molecular flexibility index (Phi) is 2.12. The molecule has 0 radical (unpaired) electrons. The molecule has 2 heteroatoms. The van der Waals surface area contributed by atoms with E-state index >= 15 is 0 Å². The molecule has 1 rings (SSSR count). The Bertz CT molecular complexity index is 185. The minimum Gasteiger partial charge on any atom is -0.464 e. The molecule has 2 nitrogen and oxygen atoms in total. The molecule has 0 amide bonds. The Balaban J connectivity index is 2.60. The second kappa shape index (κ2) is 2.88. The summed E-state index contributed by atoms with van der Waals surface area (Å²) >= 11 is 0. The van der Waals surface area contributed by atoms with Crippen LogP contribution in [0.25, 0.3) is 0 Å². The lowest BCUT2D eigenvalue weighted by atomic mass is 10.2. The highest BCUT2D eigenvalue weighted by Gasteiger charge is 2.10. The summed E-state index contributed by atoms with van der Waals surface area (Å²) in [6, 6.07) is 0. The average molecular weight is 140 g/mol. The number of aliphatic hydroxyl groups is 1. The number of ether oxygens (including phenoxy) is 1. The third kappa shape index (κ3) is 1.39. The van der Waals surface area contributed by atoms with Gasteiger partial charge in [-0.3, -0.25) is 0 Å². The van der Waals surface area contributed by atoms with Gasteiger partial charge in [0.25, 0.3) is 0 Å². The average Bonchev–Trinajstić information content (AvgIpc) is 2.34. The second-order valence-electron chi connectivity index (χ2n) is 2.56. The summed E-state index contributed by atoms with van der Waals surface area (Å²) in [5.74, 6) is 1.65. The van der Waals surface area contributed by atoms with Crippen molar-refractivity contribution >= 4 is 0 Å². The number of rotatable bonds is 1. The van der Waals surface area contributed by atoms with E-state index in [1.54, 1.807) is 0 Å². The summed E-state index contributed by atoms with van der Waals surface area (Å²) < 4.78 is 5.26. The Morgan fingerprint density at radius 2 is 2.40 bits per heavy atom. The Labute approximate surface area is 60.8 Å². The molecular weight excluding hydrogens is 128 g/mol. The molecule has 10 heavy (non-hydrogen) atoms. The summed E-state index contributed by atoms with van der Waals surface area (Å²) in [6.07, 6.45) is 2.74. The van der Waals surface area contributed by atoms with Gasteiger partial charge in [-0.1, -0.05) is 0 Å². The van der Waals surface area contributed by atoms with Crippen molar-refractivity contribution in [2.75, 3.05) is 6.61 Å². The molecule has 0 atom stereocenters. The minimum atomic E-state index is 0.0107. The van der Waals surface area contributed by atoms with Gasteiger partial charge in [0.1, 0.15) is 18.1 Å². The van der Waals surface area contributed by atoms with Crippen molar-refractivity contribution < 1.29 is 9.84 Å². The predicted molar refractivity (Wildman–Crippen MR) is 39.2 cm³/mol. The normalized spacial score (nSPS) is 16.7. The van der Waals surface area contributed by atoms with Crippen LogP contribution < -0.4 is 0 Å². The smallest absolute Gasteiger partial charge is 0.125 e. The van der Waals surface area contributed by atoms with Crippen LogP contribution in [0.5, 0.6) is 0 Å². The highest BCUT2D eigenvalue weighted by atomic mass is 16.5. The molecule has 0 saturated carbocycles. The fourth-order valence-corrected chi connectivity index (χ4v) is 0.851. The predicted octanol–water partition coefficient (Wildman–Crippen LogP) is 1.58. The van der Waals surface area contributed by atoms with E-state index in [2.05, 4.69) is 0 Å². The fourth-order valence-electron chi connectivity index (χ4n) is 0.851. The summed E-state index contributed by atoms with van der Waals surface area (Å²) in [6.45, 7) is 4.02. The molecule has 0 aromatic carbocycles. The number of allylic oxidation sites excluding steroid dienone is 2. The molecule has 0 spiro atoms. The van der Waals surface area contributed by atoms with E-state index in [-0.39, 0.29) is 6.61 Å². The summed E-state index contributed by atoms with van der Waals surface area (Å²) in [4.78, 5) is 0. The third-order valence-electron chi connectivity index (χ3n) is 1.48. The van der Waals surface area contributed by atoms with Gasteiger partial charge in [-0.25, -0.2) is 0 Å². The zero-order valence-electron chi connectivity index (χ0n) is 6.35. The van der Waals surface area contributed by atoms with Crippen molar-refractivity contribution in [2.24, 2.45) is 0 Å². The van der Waals surface area contributed by atoms with Gasteiger partial charge in [-0.2, -0.15) is 0 Å². The van der Waals surface area contributed by atoms with Gasteiger partial charge >= 0.3 is 0 Å². The standard InChI is InChI=1S/C8H12O2/c1-6(2)8-4-3-7(5-9)10-8/h3,9H,4-5H2,1-2H3. The molecule has 0 saturated heterocycles. The van der Waals surface area contributed by atoms with Gasteiger partial charge in [-0.05, 0) is 25.5 Å². The van der Waals surface area contributed by atoms with E-state index < -0.39 is 0 Å². The van der Waals surface area contributed by atoms with Crippen molar-refractivity contribution in [2.45, 2.75) is 20.3 Å². The van der Waals surface area contributed by atoms with Crippen molar-refractivity contribution in [1.29, 1.82) is 0 Å². The Morgan fingerprint density at radius 3 is 2.70 bits per heavy atom. The second-order valence-corrected chi connectivity index (χ2v) is 2.56. The molecule has 0 aromatic rings. The van der Waals surface area contributed by atoms with Crippen molar-refractivity contribution in [3.05, 3.63) is 23.2 Å². The fraction of sp³-hybridized carbons (Fsp3) is 0.500. The lowest BCUT2D eigenvalue weighted by Gasteiger charge is -2.02. The van der Waals surface area contributed by atoms with Crippen LogP contribution in [-0.4, -0.2) is 11.7 Å². The van der Waals surface area contributed by atoms with Crippen LogP contribution in [0.2, 0.25) is 0 Å². The van der Waals surface area contributed by atoms with Crippen LogP contribution in [0.1, 0.15) is 20.3 Å². The molecule has 0 aliphatic carbocycles. The zero-order valence-corrected chi connectivity index (χ0v) is 6.35. The first-order valence-corrected chi connectivity index (χ1v) is 3.38. The lowest BCUT2D eigenvalue weighted by molar-refractivity contribution is 0.225. The minimum absolute atomic E-state index is 0.0107. The molecule has 1 aliphatic heterocycles. The SMILES string of the molecule is CC(C)=C1CC=C(CO)O1. The topological polar surface area (TPSA) is 29.5 Å². The summed E-state index contributed by atoms with van der Waals surface area (Å²) in [5.41, 5.74) is 1.18. The zero-order chi connectivity index (χ0) is 7.56. The van der Waals surface area contributed by atoms with Crippen LogP contribution in [0.15, 0.2) is 23.2 Å². The maximum atomic E-state index is 8.65. The van der Waals surface area contributed by atoms with Gasteiger partial charge in [0, 0.05) is 6.42 Å². The maximum Gasteiger partial charge on any atom is 0.125 e. The first-order valence-electron chi connectivity index (χ1n) is 3.38. The number of hydrogen-bond acceptors (Lipinski definition) is 2. The van der Waals surface area contributed by atoms with E-state index in [1.807, 2.05) is 19.9 Å². The van der Waals surface area contributed by atoms with Gasteiger partial charge in [0.15, 0.2) is 0 Å². The first-order chi connectivity index (χ1) is 4.74. The molecule has 1 aliphatic rings. The van der Waals surface area contributed by atoms with Gasteiger partial charge < -0.3 is 9.84 Å². The van der Waals surface area contributed by atoms with E-state index in [9.17, 15) is 0 Å². The quantitative estimate of drug-likeness (QED) is 0.599. The van der Waals surface area contributed by atoms with E-state index in [0.29, 0.717) is 5.76 Å². The van der Waals surface area contributed by atoms with Crippen molar-refractivity contribution in [3.63, 3.8) is 0 Å². The van der Waals surface area contributed by atoms with Gasteiger partial charge in [-0.15, -0.1) is 0 Å². The van der Waals surface area contributed by atoms with E-state index in [1.165, 1.54) is 5.57 Å². The van der Waals surface area contributed by atoms with Crippen LogP contribution in [0, 0.1) is 0 Å². The Morgan fingerprint density at radius 1 is 1.70 bits per heavy atom. The molecule has 56 valence electrons. The van der Waals surface area contributed by atoms with Crippen LogP contribution in [0.4, 0.5) is 0 Å². The molecule has 0 fully saturated rings. The van der Waals surface area contributed by atoms with Gasteiger partial charge in [0.2, 0.25) is 0 Å². The maximum absolute atomic E-state index is 8.65. The summed E-state index contributed by atoms with van der Waals surface area (Å²) in [7, 11) is 0. The molecule has 0 unspecified atom stereocenters. The number of aliphatic hydroxyl groups excluding tert-OH is 1. The van der Waals surface area contributed by atoms with Crippen molar-refractivity contribution in [3.8, 4) is 0 Å². The largest absolute Gasteiger partial charge is 0.464 e. The van der Waals surface area contributed by atoms with Gasteiger partial charge in [0.05, 0.1) is 0 Å². The van der Waals surface area contributed by atoms with Crippen LogP contribution >= 0.6 is 0 Å². The highest BCUT2D eigenvalue weighted by Crippen LogP contribution is 2.22. The third-order valence-corrected chi connectivity index (χ3v) is 1.48. The Hall–Kier alpha value is -0.760.